The predicted molar refractivity (Wildman–Crippen MR) is 136 cm³/mol. The van der Waals surface area contributed by atoms with Crippen molar-refractivity contribution in [3.8, 4) is 10.7 Å². The third-order valence-electron chi connectivity index (χ3n) is 5.33. The van der Waals surface area contributed by atoms with Crippen LogP contribution < -0.4 is 10.2 Å². The van der Waals surface area contributed by atoms with E-state index >= 15 is 0 Å². The van der Waals surface area contributed by atoms with Gasteiger partial charge < -0.3 is 9.84 Å². The number of nitrogens with one attached hydrogen (secondary N) is 1. The maximum Gasteiger partial charge on any atom is 0.258 e. The third-order valence-corrected chi connectivity index (χ3v) is 7.22. The highest BCUT2D eigenvalue weighted by molar-refractivity contribution is 7.98. The van der Waals surface area contributed by atoms with Gasteiger partial charge in [0.15, 0.2) is 5.11 Å². The first kappa shape index (κ1) is 20.9. The standard InChI is InChI=1S/C24H20N4OS3/c1-15-20(23-26-22(27-29-23)19-12-7-13-32-19)21(16-8-4-3-5-9-16)25-24(30)28(15)17-10-6-11-18(14-17)31-2/h3-14,21H,1-2H3,(H,25,30). The minimum Gasteiger partial charge on any atom is -0.351 e. The highest BCUT2D eigenvalue weighted by Gasteiger charge is 2.34. The Morgan fingerprint density at radius 3 is 2.69 bits per heavy atom. The molecule has 0 saturated heterocycles. The van der Waals surface area contributed by atoms with Crippen molar-refractivity contribution in [3.63, 3.8) is 0 Å². The fraction of sp³-hybridized carbons (Fsp3) is 0.125. The van der Waals surface area contributed by atoms with Crippen molar-refractivity contribution >= 4 is 51.7 Å². The number of allylic oxidation sites excluding steroid dienone is 1. The van der Waals surface area contributed by atoms with E-state index in [0.29, 0.717) is 16.8 Å². The van der Waals surface area contributed by atoms with Gasteiger partial charge in [-0.1, -0.05) is 47.6 Å². The van der Waals surface area contributed by atoms with Gasteiger partial charge in [0.05, 0.1) is 16.5 Å². The molecule has 4 aromatic rings. The van der Waals surface area contributed by atoms with Gasteiger partial charge in [-0.05, 0) is 60.6 Å². The van der Waals surface area contributed by atoms with Crippen molar-refractivity contribution in [3.05, 3.63) is 89.3 Å². The predicted octanol–water partition coefficient (Wildman–Crippen LogP) is 6.39. The Hall–Kier alpha value is -2.94. The molecule has 32 heavy (non-hydrogen) atoms. The summed E-state index contributed by atoms with van der Waals surface area (Å²) < 4.78 is 5.79. The molecule has 0 radical (unpaired) electrons. The Balaban J connectivity index is 1.66. The van der Waals surface area contributed by atoms with Crippen LogP contribution in [0.4, 0.5) is 5.69 Å². The second-order valence-electron chi connectivity index (χ2n) is 7.23. The molecule has 5 nitrogen and oxygen atoms in total. The number of hydrogen-bond donors (Lipinski definition) is 1. The summed E-state index contributed by atoms with van der Waals surface area (Å²) in [5, 5.41) is 10.4. The third kappa shape index (κ3) is 3.85. The molecule has 2 aromatic heterocycles. The van der Waals surface area contributed by atoms with Crippen LogP contribution in [-0.4, -0.2) is 21.5 Å². The Bertz CT molecular complexity index is 1280. The number of thiocarbonyl (C=S) groups is 1. The van der Waals surface area contributed by atoms with E-state index in [4.69, 9.17) is 21.7 Å². The Morgan fingerprint density at radius 1 is 1.09 bits per heavy atom. The summed E-state index contributed by atoms with van der Waals surface area (Å²) in [6, 6.07) is 22.3. The average Bonchev–Trinajstić information content (AvgIpc) is 3.52. The van der Waals surface area contributed by atoms with Crippen LogP contribution in [0.15, 0.2) is 87.2 Å². The largest absolute Gasteiger partial charge is 0.351 e. The smallest absolute Gasteiger partial charge is 0.258 e. The summed E-state index contributed by atoms with van der Waals surface area (Å²) in [5.74, 6) is 1.08. The van der Waals surface area contributed by atoms with Crippen molar-refractivity contribution in [1.82, 2.24) is 15.5 Å². The van der Waals surface area contributed by atoms with Gasteiger partial charge >= 0.3 is 0 Å². The van der Waals surface area contributed by atoms with Gasteiger partial charge in [-0.3, -0.25) is 4.90 Å². The normalized spacial score (nSPS) is 16.4. The molecule has 0 bridgehead atoms. The monoisotopic (exact) mass is 476 g/mol. The van der Waals surface area contributed by atoms with Crippen LogP contribution in [0.25, 0.3) is 16.3 Å². The van der Waals surface area contributed by atoms with E-state index in [1.165, 1.54) is 4.90 Å². The molecular formula is C24H20N4OS3. The summed E-state index contributed by atoms with van der Waals surface area (Å²) in [6.07, 6.45) is 2.07. The summed E-state index contributed by atoms with van der Waals surface area (Å²) in [4.78, 5) is 8.93. The summed E-state index contributed by atoms with van der Waals surface area (Å²) >= 11 is 9.11. The highest BCUT2D eigenvalue weighted by Crippen LogP contribution is 2.39. The summed E-state index contributed by atoms with van der Waals surface area (Å²) in [7, 11) is 0. The van der Waals surface area contributed by atoms with Gasteiger partial charge in [0.25, 0.3) is 5.89 Å². The number of nitrogens with zero attached hydrogens (tertiary/aromatic N) is 3. The van der Waals surface area contributed by atoms with Crippen LogP contribution in [-0.2, 0) is 0 Å². The van der Waals surface area contributed by atoms with Gasteiger partial charge in [-0.15, -0.1) is 23.1 Å². The molecule has 1 aliphatic rings. The molecule has 0 saturated carbocycles. The number of rotatable bonds is 5. The molecule has 5 rings (SSSR count). The molecule has 0 fully saturated rings. The Morgan fingerprint density at radius 2 is 1.94 bits per heavy atom. The van der Waals surface area contributed by atoms with E-state index in [2.05, 4.69) is 54.0 Å². The number of anilines is 1. The van der Waals surface area contributed by atoms with Gasteiger partial charge in [0.1, 0.15) is 0 Å². The zero-order chi connectivity index (χ0) is 22.1. The maximum atomic E-state index is 5.82. The highest BCUT2D eigenvalue weighted by atomic mass is 32.2. The van der Waals surface area contributed by atoms with Crippen molar-refractivity contribution in [2.45, 2.75) is 17.9 Å². The quantitative estimate of drug-likeness (QED) is 0.265. The molecule has 0 aliphatic carbocycles. The molecule has 1 unspecified atom stereocenters. The van der Waals surface area contributed by atoms with Crippen LogP contribution in [0.5, 0.6) is 0 Å². The van der Waals surface area contributed by atoms with Crippen LogP contribution in [0, 0.1) is 0 Å². The zero-order valence-corrected chi connectivity index (χ0v) is 19.9. The van der Waals surface area contributed by atoms with Crippen LogP contribution in [0.3, 0.4) is 0 Å². The lowest BCUT2D eigenvalue weighted by atomic mass is 9.94. The van der Waals surface area contributed by atoms with Crippen molar-refractivity contribution in [1.29, 1.82) is 0 Å². The van der Waals surface area contributed by atoms with Gasteiger partial charge in [0.2, 0.25) is 5.82 Å². The van der Waals surface area contributed by atoms with Crippen molar-refractivity contribution < 1.29 is 4.52 Å². The topological polar surface area (TPSA) is 54.2 Å². The van der Waals surface area contributed by atoms with E-state index in [-0.39, 0.29) is 6.04 Å². The second-order valence-corrected chi connectivity index (χ2v) is 9.44. The molecule has 3 heterocycles. The average molecular weight is 477 g/mol. The molecule has 1 N–H and O–H groups in total. The van der Waals surface area contributed by atoms with Gasteiger partial charge in [-0.2, -0.15) is 4.98 Å². The second kappa shape index (κ2) is 8.90. The minimum absolute atomic E-state index is 0.194. The molecule has 8 heteroatoms. The summed E-state index contributed by atoms with van der Waals surface area (Å²) in [5.41, 5.74) is 3.95. The van der Waals surface area contributed by atoms with E-state index in [1.807, 2.05) is 46.7 Å². The Kier molecular flexibility index (Phi) is 5.82. The number of aromatic nitrogens is 2. The van der Waals surface area contributed by atoms with Gasteiger partial charge in [0, 0.05) is 16.3 Å². The number of thiophene rings is 1. The van der Waals surface area contributed by atoms with E-state index < -0.39 is 0 Å². The molecule has 160 valence electrons. The molecule has 2 aromatic carbocycles. The molecule has 1 aliphatic heterocycles. The summed E-state index contributed by atoms with van der Waals surface area (Å²) in [6.45, 7) is 2.05. The van der Waals surface area contributed by atoms with E-state index in [0.717, 1.165) is 27.4 Å². The number of thioether (sulfide) groups is 1. The Labute approximate surface area is 200 Å². The molecule has 0 spiro atoms. The lowest BCUT2D eigenvalue weighted by Crippen LogP contribution is -2.46. The fourth-order valence-corrected chi connectivity index (χ4v) is 5.28. The van der Waals surface area contributed by atoms with Crippen LogP contribution in [0.1, 0.15) is 24.4 Å². The van der Waals surface area contributed by atoms with E-state index in [9.17, 15) is 0 Å². The first-order chi connectivity index (χ1) is 15.7. The zero-order valence-electron chi connectivity index (χ0n) is 17.5. The lowest BCUT2D eigenvalue weighted by Gasteiger charge is -2.37. The molecular weight excluding hydrogens is 456 g/mol. The first-order valence-corrected chi connectivity index (χ1v) is 12.6. The van der Waals surface area contributed by atoms with Crippen LogP contribution >= 0.6 is 35.3 Å². The van der Waals surface area contributed by atoms with Gasteiger partial charge in [-0.25, -0.2) is 0 Å². The van der Waals surface area contributed by atoms with Crippen molar-refractivity contribution in [2.24, 2.45) is 0 Å². The fourth-order valence-electron chi connectivity index (χ4n) is 3.81. The molecule has 0 amide bonds. The lowest BCUT2D eigenvalue weighted by molar-refractivity contribution is 0.404. The van der Waals surface area contributed by atoms with E-state index in [1.54, 1.807) is 23.1 Å². The number of hydrogen-bond acceptors (Lipinski definition) is 6. The molecule has 1 atom stereocenters. The number of benzene rings is 2. The first-order valence-electron chi connectivity index (χ1n) is 10.0. The minimum atomic E-state index is -0.194. The maximum absolute atomic E-state index is 5.82. The van der Waals surface area contributed by atoms with Crippen molar-refractivity contribution in [2.75, 3.05) is 11.2 Å². The van der Waals surface area contributed by atoms with Crippen LogP contribution in [0.2, 0.25) is 0 Å². The SMILES string of the molecule is CSc1cccc(N2C(=S)NC(c3ccccc3)C(c3nc(-c4cccs4)no3)=C2C)c1.